The number of rotatable bonds is 18. The summed E-state index contributed by atoms with van der Waals surface area (Å²) in [6, 6.07) is 0. The molecule has 0 aromatic rings. The van der Waals surface area contributed by atoms with Crippen LogP contribution in [0.3, 0.4) is 0 Å². The standard InChI is InChI=1S/C10H15NO.C10H15N.C8H10BrN.C8H11N.3CH4/c1-4-6-10(9(3)12)8-11-7-5-2;1-4-7-10(6-3)9-11-8-5-2;1-3-5-8(9)7-10-6-4-2;1-3-5-6-8-9-7-4-2;;;/h4-5,7-9,12H,1-2,6H2,3H3;4-5,8-9H,1-2,6-7H2,3H3;3-4,6-7H,1-2,5H2;3-4,6-8H,1-2,5H2;3*1H4/b10-8+,11-7?;10-9-,11-8?;8-7+,10-6?;8-6-,9-7?;;;. The van der Waals surface area contributed by atoms with Gasteiger partial charge in [0.05, 0.1) is 6.10 Å². The molecule has 252 valence electrons. The molecule has 5 nitrogen and oxygen atoms in total. The van der Waals surface area contributed by atoms with Crippen LogP contribution in [0.4, 0.5) is 0 Å². The lowest BCUT2D eigenvalue weighted by Gasteiger charge is -2.05. The van der Waals surface area contributed by atoms with E-state index in [9.17, 15) is 5.11 Å². The molecule has 0 aliphatic heterocycles. The maximum absolute atomic E-state index is 9.23. The Balaban J connectivity index is -0.0000000841. The first-order chi connectivity index (χ1) is 20.3. The molecule has 6 heteroatoms. The lowest BCUT2D eigenvalue weighted by Crippen LogP contribution is -2.03. The van der Waals surface area contributed by atoms with Gasteiger partial charge in [-0.25, -0.2) is 0 Å². The van der Waals surface area contributed by atoms with E-state index >= 15 is 0 Å². The van der Waals surface area contributed by atoms with Crippen LogP contribution >= 0.6 is 15.9 Å². The summed E-state index contributed by atoms with van der Waals surface area (Å²) in [5, 5.41) is 9.23. The Morgan fingerprint density at radius 2 is 1.09 bits per heavy atom. The van der Waals surface area contributed by atoms with E-state index in [0.29, 0.717) is 6.42 Å². The van der Waals surface area contributed by atoms with Gasteiger partial charge in [0.15, 0.2) is 0 Å². The highest BCUT2D eigenvalue weighted by atomic mass is 79.9. The van der Waals surface area contributed by atoms with Crippen molar-refractivity contribution in [2.45, 2.75) is 74.3 Å². The fourth-order valence-corrected chi connectivity index (χ4v) is 2.43. The van der Waals surface area contributed by atoms with Gasteiger partial charge in [-0.15, -0.1) is 26.3 Å². The molecule has 0 rings (SSSR count). The van der Waals surface area contributed by atoms with Gasteiger partial charge < -0.3 is 5.11 Å². The van der Waals surface area contributed by atoms with Gasteiger partial charge in [0.2, 0.25) is 0 Å². The average Bonchev–Trinajstić information content (AvgIpc) is 2.97. The SMILES string of the molecule is C.C.C.C=CC=N/C=C(/Br)CC=C.C=CC=N/C=C(/CC)CC=C.C=CC=N/C=C(\CC=C)C(C)O.C=CC=N/C=C\CC=C. The van der Waals surface area contributed by atoms with Crippen LogP contribution in [0.2, 0.25) is 0 Å². The Morgan fingerprint density at radius 1 is 0.644 bits per heavy atom. The van der Waals surface area contributed by atoms with Crippen molar-refractivity contribution in [2.24, 2.45) is 20.0 Å². The predicted molar refractivity (Wildman–Crippen MR) is 218 cm³/mol. The zero-order chi connectivity index (χ0) is 32.7. The Hall–Kier alpha value is -4.00. The molecule has 0 bridgehead atoms. The molecule has 45 heavy (non-hydrogen) atoms. The fraction of sp³-hybridized carbons (Fsp3) is 0.282. The van der Waals surface area contributed by atoms with Crippen molar-refractivity contribution in [2.75, 3.05) is 0 Å². The van der Waals surface area contributed by atoms with Crippen molar-refractivity contribution < 1.29 is 5.11 Å². The molecule has 0 saturated heterocycles. The minimum atomic E-state index is -0.468. The molecule has 0 aliphatic rings. The lowest BCUT2D eigenvalue weighted by atomic mass is 10.1. The highest BCUT2D eigenvalue weighted by Crippen LogP contribution is 2.09. The Labute approximate surface area is 287 Å². The summed E-state index contributed by atoms with van der Waals surface area (Å²) in [6.45, 7) is 32.2. The Kier molecular flexibility index (Phi) is 66.4. The van der Waals surface area contributed by atoms with E-state index in [2.05, 4.69) is 95.5 Å². The predicted octanol–water partition coefficient (Wildman–Crippen LogP) is 12.5. The number of hydrogen-bond acceptors (Lipinski definition) is 5. The molecular weight excluding hydrogens is 620 g/mol. The molecule has 0 saturated carbocycles. The number of halogens is 1. The smallest absolute Gasteiger partial charge is 0.0742 e. The van der Waals surface area contributed by atoms with Crippen molar-refractivity contribution in [3.05, 3.63) is 148 Å². The van der Waals surface area contributed by atoms with Crippen LogP contribution in [0.25, 0.3) is 0 Å². The highest BCUT2D eigenvalue weighted by Gasteiger charge is 2.00. The maximum Gasteiger partial charge on any atom is 0.0742 e. The van der Waals surface area contributed by atoms with Crippen LogP contribution < -0.4 is 0 Å². The second kappa shape index (κ2) is 52.6. The Morgan fingerprint density at radius 3 is 1.49 bits per heavy atom. The van der Waals surface area contributed by atoms with E-state index in [1.807, 2.05) is 30.5 Å². The summed E-state index contributed by atoms with van der Waals surface area (Å²) in [4.78, 5) is 15.7. The molecule has 0 heterocycles. The normalized spacial score (nSPS) is 11.6. The van der Waals surface area contributed by atoms with Gasteiger partial charge in [-0.3, -0.25) is 20.0 Å². The van der Waals surface area contributed by atoms with Crippen LogP contribution in [-0.4, -0.2) is 36.1 Å². The van der Waals surface area contributed by atoms with Crippen molar-refractivity contribution in [1.82, 2.24) is 0 Å². The molecule has 0 radical (unpaired) electrons. The zero-order valence-corrected chi connectivity index (χ0v) is 27.3. The molecule has 1 unspecified atom stereocenters. The third kappa shape index (κ3) is 56.4. The maximum atomic E-state index is 9.23. The molecule has 1 N–H and O–H groups in total. The van der Waals surface area contributed by atoms with E-state index in [-0.39, 0.29) is 22.3 Å². The number of aliphatic hydroxyl groups is 1. The molecular formula is C39H63BrN4O. The second-order valence-corrected chi connectivity index (χ2v) is 8.64. The number of aliphatic hydroxyl groups excluding tert-OH is 1. The first-order valence-electron chi connectivity index (χ1n) is 13.3. The third-order valence-electron chi connectivity index (χ3n) is 4.09. The van der Waals surface area contributed by atoms with Crippen LogP contribution in [0, 0.1) is 0 Å². The van der Waals surface area contributed by atoms with Gasteiger partial charge in [0, 0.05) is 54.1 Å². The van der Waals surface area contributed by atoms with Crippen LogP contribution in [0.5, 0.6) is 0 Å². The van der Waals surface area contributed by atoms with Crippen LogP contribution in [0.1, 0.15) is 68.2 Å². The van der Waals surface area contributed by atoms with Crippen molar-refractivity contribution in [1.29, 1.82) is 0 Å². The van der Waals surface area contributed by atoms with Gasteiger partial charge in [-0.05, 0) is 50.2 Å². The molecule has 0 aliphatic carbocycles. The lowest BCUT2D eigenvalue weighted by molar-refractivity contribution is 0.229. The van der Waals surface area contributed by atoms with E-state index in [1.54, 1.807) is 80.8 Å². The monoisotopic (exact) mass is 682 g/mol. The highest BCUT2D eigenvalue weighted by molar-refractivity contribution is 9.11. The molecule has 1 atom stereocenters. The minimum Gasteiger partial charge on any atom is -0.389 e. The summed E-state index contributed by atoms with van der Waals surface area (Å²) < 4.78 is 1.01. The first kappa shape index (κ1) is 56.7. The van der Waals surface area contributed by atoms with Crippen LogP contribution in [-0.2, 0) is 0 Å². The van der Waals surface area contributed by atoms with E-state index in [4.69, 9.17) is 0 Å². The molecule has 0 aromatic carbocycles. The van der Waals surface area contributed by atoms with Crippen molar-refractivity contribution in [3.8, 4) is 0 Å². The summed E-state index contributed by atoms with van der Waals surface area (Å²) >= 11 is 3.31. The number of allylic oxidation sites excluding steroid dienone is 11. The quantitative estimate of drug-likeness (QED) is 0.113. The molecule has 0 aromatic heterocycles. The topological polar surface area (TPSA) is 69.7 Å². The Bertz CT molecular complexity index is 1000. The fourth-order valence-electron chi connectivity index (χ4n) is 2.08. The average molecular weight is 684 g/mol. The molecule has 0 spiro atoms. The summed E-state index contributed by atoms with van der Waals surface area (Å²) in [6.07, 6.45) is 33.0. The van der Waals surface area contributed by atoms with Gasteiger partial charge in [0.1, 0.15) is 0 Å². The number of hydrogen-bond donors (Lipinski definition) is 1. The minimum absolute atomic E-state index is 0. The van der Waals surface area contributed by atoms with Crippen molar-refractivity contribution in [3.63, 3.8) is 0 Å². The summed E-state index contributed by atoms with van der Waals surface area (Å²) in [5.74, 6) is 0. The van der Waals surface area contributed by atoms with Crippen LogP contribution in [0.15, 0.2) is 168 Å². The number of nitrogens with zero attached hydrogens (tertiary/aromatic N) is 4. The van der Waals surface area contributed by atoms with E-state index in [0.717, 1.165) is 35.7 Å². The van der Waals surface area contributed by atoms with Crippen molar-refractivity contribution >= 4 is 40.8 Å². The largest absolute Gasteiger partial charge is 0.389 e. The van der Waals surface area contributed by atoms with Gasteiger partial charge in [-0.1, -0.05) is 126 Å². The third-order valence-corrected chi connectivity index (χ3v) is 4.62. The zero-order valence-electron chi connectivity index (χ0n) is 25.7. The van der Waals surface area contributed by atoms with Gasteiger partial charge in [-0.2, -0.15) is 0 Å². The second-order valence-electron chi connectivity index (χ2n) is 7.62. The van der Waals surface area contributed by atoms with Gasteiger partial charge >= 0.3 is 0 Å². The molecule has 0 fully saturated rings. The van der Waals surface area contributed by atoms with E-state index in [1.165, 1.54) is 5.57 Å². The number of aliphatic imine (C=N–C) groups is 4. The summed E-state index contributed by atoms with van der Waals surface area (Å²) in [5.41, 5.74) is 2.14. The summed E-state index contributed by atoms with van der Waals surface area (Å²) in [7, 11) is 0. The van der Waals surface area contributed by atoms with Gasteiger partial charge in [0.25, 0.3) is 0 Å². The van der Waals surface area contributed by atoms with E-state index < -0.39 is 6.10 Å². The first-order valence-corrected chi connectivity index (χ1v) is 14.1. The molecule has 0 amide bonds.